The number of carbonyl (C=O) groups is 1. The minimum Gasteiger partial charge on any atom is -0.352 e. The third-order valence-corrected chi connectivity index (χ3v) is 3.74. The molecule has 0 aromatic heterocycles. The summed E-state index contributed by atoms with van der Waals surface area (Å²) in [7, 11) is -3.21. The smallest absolute Gasteiger partial charge is 0.251 e. The van der Waals surface area contributed by atoms with Crippen LogP contribution in [0.5, 0.6) is 0 Å². The number of carbonyl (C=O) groups excluding carboxylic acids is 1. The highest BCUT2D eigenvalue weighted by Crippen LogP contribution is 2.10. The summed E-state index contributed by atoms with van der Waals surface area (Å²) in [6.07, 6.45) is 2.00. The van der Waals surface area contributed by atoms with Gasteiger partial charge in [0.25, 0.3) is 5.91 Å². The van der Waals surface area contributed by atoms with Gasteiger partial charge in [-0.2, -0.15) is 0 Å². The maximum atomic E-state index is 11.8. The van der Waals surface area contributed by atoms with Crippen LogP contribution >= 0.6 is 0 Å². The first-order chi connectivity index (χ1) is 8.95. The van der Waals surface area contributed by atoms with Crippen LogP contribution in [-0.2, 0) is 9.84 Å². The van der Waals surface area contributed by atoms with Gasteiger partial charge in [0.2, 0.25) is 0 Å². The molecule has 0 radical (unpaired) electrons. The minimum atomic E-state index is -3.21. The van der Waals surface area contributed by atoms with Gasteiger partial charge >= 0.3 is 0 Å². The van der Waals surface area contributed by atoms with Gasteiger partial charge in [0.1, 0.15) is 0 Å². The first kappa shape index (κ1) is 15.7. The Morgan fingerprint density at radius 1 is 1.16 bits per heavy atom. The number of rotatable bonds is 7. The van der Waals surface area contributed by atoms with E-state index >= 15 is 0 Å². The molecular weight excluding hydrogens is 264 g/mol. The van der Waals surface area contributed by atoms with Crippen LogP contribution in [-0.4, -0.2) is 40.2 Å². The second-order valence-electron chi connectivity index (χ2n) is 4.26. The average molecular weight is 284 g/mol. The Morgan fingerprint density at radius 3 is 2.32 bits per heavy atom. The zero-order chi connectivity index (χ0) is 14.3. The van der Waals surface area contributed by atoms with Gasteiger partial charge in [0, 0.05) is 18.4 Å². The lowest BCUT2D eigenvalue weighted by molar-refractivity contribution is 0.0953. The predicted octanol–water partition coefficient (Wildman–Crippen LogP) is 0.819. The molecule has 1 aromatic carbocycles. The molecule has 19 heavy (non-hydrogen) atoms. The summed E-state index contributed by atoms with van der Waals surface area (Å²) in [5.41, 5.74) is 0.468. The zero-order valence-electron chi connectivity index (χ0n) is 11.3. The summed E-state index contributed by atoms with van der Waals surface area (Å²) >= 11 is 0. The number of hydrogen-bond acceptors (Lipinski definition) is 4. The first-order valence-electron chi connectivity index (χ1n) is 6.24. The molecule has 1 amide bonds. The van der Waals surface area contributed by atoms with Crippen molar-refractivity contribution in [2.45, 2.75) is 18.2 Å². The molecule has 0 unspecified atom stereocenters. The van der Waals surface area contributed by atoms with E-state index in [0.29, 0.717) is 12.1 Å². The van der Waals surface area contributed by atoms with E-state index < -0.39 is 9.84 Å². The van der Waals surface area contributed by atoms with E-state index in [0.717, 1.165) is 25.8 Å². The summed E-state index contributed by atoms with van der Waals surface area (Å²) < 4.78 is 22.6. The Hall–Kier alpha value is -1.40. The molecule has 0 aliphatic heterocycles. The zero-order valence-corrected chi connectivity index (χ0v) is 12.1. The van der Waals surface area contributed by atoms with Crippen molar-refractivity contribution in [3.05, 3.63) is 29.8 Å². The van der Waals surface area contributed by atoms with Crippen molar-refractivity contribution in [2.24, 2.45) is 0 Å². The Morgan fingerprint density at radius 2 is 1.79 bits per heavy atom. The topological polar surface area (TPSA) is 75.3 Å². The van der Waals surface area contributed by atoms with E-state index in [9.17, 15) is 13.2 Å². The van der Waals surface area contributed by atoms with Gasteiger partial charge in [-0.05, 0) is 43.8 Å². The molecule has 0 aliphatic rings. The molecule has 0 spiro atoms. The molecule has 0 saturated carbocycles. The summed E-state index contributed by atoms with van der Waals surface area (Å²) in [5, 5.41) is 5.96. The lowest BCUT2D eigenvalue weighted by Gasteiger charge is -2.06. The van der Waals surface area contributed by atoms with E-state index in [1.807, 2.05) is 6.92 Å². The van der Waals surface area contributed by atoms with Crippen molar-refractivity contribution in [3.63, 3.8) is 0 Å². The fraction of sp³-hybridized carbons (Fsp3) is 0.462. The van der Waals surface area contributed by atoms with Crippen molar-refractivity contribution < 1.29 is 13.2 Å². The highest BCUT2D eigenvalue weighted by molar-refractivity contribution is 7.90. The van der Waals surface area contributed by atoms with Crippen molar-refractivity contribution in [2.75, 3.05) is 25.9 Å². The van der Waals surface area contributed by atoms with Crippen molar-refractivity contribution >= 4 is 15.7 Å². The summed E-state index contributed by atoms with van der Waals surface area (Å²) in [5.74, 6) is -0.184. The second-order valence-corrected chi connectivity index (χ2v) is 6.28. The Balaban J connectivity index is 2.50. The SMILES string of the molecule is CCNCCCNC(=O)c1ccc(S(C)(=O)=O)cc1. The van der Waals surface area contributed by atoms with Crippen LogP contribution in [0.3, 0.4) is 0 Å². The average Bonchev–Trinajstić information content (AvgIpc) is 2.37. The van der Waals surface area contributed by atoms with Crippen molar-refractivity contribution in [3.8, 4) is 0 Å². The molecule has 0 aliphatic carbocycles. The fourth-order valence-corrected chi connectivity index (χ4v) is 2.18. The summed E-state index contributed by atoms with van der Waals surface area (Å²) in [6.45, 7) is 4.41. The third kappa shape index (κ3) is 5.40. The van der Waals surface area contributed by atoms with Crippen LogP contribution < -0.4 is 10.6 Å². The molecule has 0 fully saturated rings. The largest absolute Gasteiger partial charge is 0.352 e. The van der Waals surface area contributed by atoms with Crippen LogP contribution in [0, 0.1) is 0 Å². The molecule has 2 N–H and O–H groups in total. The predicted molar refractivity (Wildman–Crippen MR) is 75.0 cm³/mol. The Labute approximate surface area is 114 Å². The van der Waals surface area contributed by atoms with E-state index in [1.54, 1.807) is 0 Å². The highest BCUT2D eigenvalue weighted by Gasteiger charge is 2.09. The molecule has 0 bridgehead atoms. The van der Waals surface area contributed by atoms with Crippen molar-refractivity contribution in [1.29, 1.82) is 0 Å². The van der Waals surface area contributed by atoms with E-state index in [2.05, 4.69) is 10.6 Å². The monoisotopic (exact) mass is 284 g/mol. The number of sulfone groups is 1. The quantitative estimate of drug-likeness (QED) is 0.727. The molecule has 0 saturated heterocycles. The molecule has 1 rings (SSSR count). The van der Waals surface area contributed by atoms with Crippen LogP contribution in [0.2, 0.25) is 0 Å². The van der Waals surface area contributed by atoms with Gasteiger partial charge in [0.15, 0.2) is 9.84 Å². The van der Waals surface area contributed by atoms with E-state index in [-0.39, 0.29) is 10.8 Å². The summed E-state index contributed by atoms with van der Waals surface area (Å²) in [4.78, 5) is 12.0. The lowest BCUT2D eigenvalue weighted by atomic mass is 10.2. The molecule has 5 nitrogen and oxygen atoms in total. The van der Waals surface area contributed by atoms with Gasteiger partial charge in [-0.25, -0.2) is 8.42 Å². The highest BCUT2D eigenvalue weighted by atomic mass is 32.2. The lowest BCUT2D eigenvalue weighted by Crippen LogP contribution is -2.27. The minimum absolute atomic E-state index is 0.184. The van der Waals surface area contributed by atoms with Gasteiger partial charge in [0.05, 0.1) is 4.90 Å². The number of nitrogens with one attached hydrogen (secondary N) is 2. The van der Waals surface area contributed by atoms with Crippen molar-refractivity contribution in [1.82, 2.24) is 10.6 Å². The van der Waals surface area contributed by atoms with Crippen LogP contribution in [0.1, 0.15) is 23.7 Å². The number of benzene rings is 1. The number of hydrogen-bond donors (Lipinski definition) is 2. The Kier molecular flexibility index (Phi) is 5.98. The van der Waals surface area contributed by atoms with Gasteiger partial charge in [-0.3, -0.25) is 4.79 Å². The first-order valence-corrected chi connectivity index (χ1v) is 8.13. The molecule has 0 atom stereocenters. The maximum Gasteiger partial charge on any atom is 0.251 e. The maximum absolute atomic E-state index is 11.8. The molecular formula is C13H20N2O3S. The normalized spacial score (nSPS) is 11.3. The van der Waals surface area contributed by atoms with Gasteiger partial charge in [-0.15, -0.1) is 0 Å². The number of amides is 1. The molecule has 1 aromatic rings. The van der Waals surface area contributed by atoms with Crippen LogP contribution in [0.25, 0.3) is 0 Å². The summed E-state index contributed by atoms with van der Waals surface area (Å²) in [6, 6.07) is 5.94. The van der Waals surface area contributed by atoms with Crippen LogP contribution in [0.4, 0.5) is 0 Å². The Bertz CT molecular complexity index is 509. The van der Waals surface area contributed by atoms with Gasteiger partial charge < -0.3 is 10.6 Å². The standard InChI is InChI=1S/C13H20N2O3S/c1-3-14-9-4-10-15-13(16)11-5-7-12(8-6-11)19(2,17)18/h5-8,14H,3-4,9-10H2,1-2H3,(H,15,16). The van der Waals surface area contributed by atoms with E-state index in [4.69, 9.17) is 0 Å². The molecule has 6 heteroatoms. The van der Waals surface area contributed by atoms with Gasteiger partial charge in [-0.1, -0.05) is 6.92 Å². The fourth-order valence-electron chi connectivity index (χ4n) is 1.55. The molecule has 106 valence electrons. The van der Waals surface area contributed by atoms with Crippen LogP contribution in [0.15, 0.2) is 29.2 Å². The second kappa shape index (κ2) is 7.25. The third-order valence-electron chi connectivity index (χ3n) is 2.61. The van der Waals surface area contributed by atoms with E-state index in [1.165, 1.54) is 24.3 Å². The molecule has 0 heterocycles.